The summed E-state index contributed by atoms with van der Waals surface area (Å²) in [5.74, 6) is -1.02. The van der Waals surface area contributed by atoms with Crippen molar-refractivity contribution in [1.82, 2.24) is 5.32 Å². The van der Waals surface area contributed by atoms with Crippen LogP contribution >= 0.6 is 0 Å². The van der Waals surface area contributed by atoms with Crippen LogP contribution in [0.3, 0.4) is 0 Å². The maximum atomic E-state index is 13.1. The van der Waals surface area contributed by atoms with Crippen LogP contribution in [0.15, 0.2) is 70.7 Å². The fraction of sp³-hybridized carbons (Fsp3) is 0.0870. The molecule has 1 saturated heterocycles. The average Bonchev–Trinajstić information content (AvgIpc) is 3.22. The summed E-state index contributed by atoms with van der Waals surface area (Å²) in [6.45, 7) is 2.11. The highest BCUT2D eigenvalue weighted by Crippen LogP contribution is 2.31. The van der Waals surface area contributed by atoms with Crippen LogP contribution in [0.1, 0.15) is 12.7 Å². The van der Waals surface area contributed by atoms with E-state index in [0.717, 1.165) is 4.90 Å². The molecule has 0 bridgehead atoms. The normalized spacial score (nSPS) is 15.4. The molecule has 2 aromatic carbocycles. The van der Waals surface area contributed by atoms with Gasteiger partial charge in [0.1, 0.15) is 28.7 Å². The zero-order valence-electron chi connectivity index (χ0n) is 16.4. The zero-order valence-corrected chi connectivity index (χ0v) is 16.4. The molecule has 1 aliphatic rings. The number of halogens is 1. The molecule has 0 unspecified atom stereocenters. The second kappa shape index (κ2) is 8.27. The van der Waals surface area contributed by atoms with Crippen LogP contribution in [0.2, 0.25) is 0 Å². The van der Waals surface area contributed by atoms with Gasteiger partial charge in [0.25, 0.3) is 11.8 Å². The first-order valence-electron chi connectivity index (χ1n) is 9.47. The highest BCUT2D eigenvalue weighted by molar-refractivity contribution is 6.39. The van der Waals surface area contributed by atoms with Gasteiger partial charge in [-0.3, -0.25) is 14.9 Å². The molecule has 156 valence electrons. The maximum absolute atomic E-state index is 13.1. The molecule has 8 heteroatoms. The fourth-order valence-electron chi connectivity index (χ4n) is 3.14. The number of hydrogen-bond acceptors (Lipinski definition) is 5. The Balaban J connectivity index is 1.68. The molecule has 3 aromatic rings. The molecular formula is C23H17FN2O5. The number of rotatable bonds is 5. The average molecular weight is 420 g/mol. The van der Waals surface area contributed by atoms with Gasteiger partial charge in [-0.15, -0.1) is 0 Å². The van der Waals surface area contributed by atoms with Crippen LogP contribution in [0.4, 0.5) is 14.9 Å². The lowest BCUT2D eigenvalue weighted by atomic mass is 10.1. The lowest BCUT2D eigenvalue weighted by Crippen LogP contribution is -2.54. The Kier molecular flexibility index (Phi) is 5.36. The van der Waals surface area contributed by atoms with E-state index in [0.29, 0.717) is 23.7 Å². The standard InChI is InChI=1S/C23H17FN2O5/c1-2-30-20-6-4-3-5-18(20)26-22(28)17(21(27)25-23(26)29)13-16-11-12-19(31-16)14-7-9-15(24)10-8-14/h3-13H,2H2,1H3,(H,25,27,29)/b17-13+. The largest absolute Gasteiger partial charge is 0.492 e. The number of urea groups is 1. The summed E-state index contributed by atoms with van der Waals surface area (Å²) in [5.41, 5.74) is 0.579. The molecule has 1 fully saturated rings. The Bertz CT molecular complexity index is 1200. The number of para-hydroxylation sites is 2. The zero-order chi connectivity index (χ0) is 22.0. The second-order valence-electron chi connectivity index (χ2n) is 6.57. The quantitative estimate of drug-likeness (QED) is 0.495. The van der Waals surface area contributed by atoms with E-state index in [1.807, 2.05) is 0 Å². The first kappa shape index (κ1) is 20.1. The number of nitrogens with zero attached hydrogens (tertiary/aromatic N) is 1. The molecule has 0 saturated carbocycles. The molecule has 4 amide bonds. The minimum atomic E-state index is -0.870. The van der Waals surface area contributed by atoms with Gasteiger partial charge >= 0.3 is 6.03 Å². The number of anilines is 1. The third-order valence-corrected chi connectivity index (χ3v) is 4.55. The number of ether oxygens (including phenoxy) is 1. The van der Waals surface area contributed by atoms with Crippen molar-refractivity contribution in [3.8, 4) is 17.1 Å². The Morgan fingerprint density at radius 1 is 1.03 bits per heavy atom. The summed E-state index contributed by atoms with van der Waals surface area (Å²) in [6, 6.07) is 14.6. The van der Waals surface area contributed by atoms with Crippen LogP contribution in [-0.2, 0) is 9.59 Å². The third kappa shape index (κ3) is 3.95. The van der Waals surface area contributed by atoms with E-state index >= 15 is 0 Å². The Labute approximate surface area is 176 Å². The van der Waals surface area contributed by atoms with E-state index in [-0.39, 0.29) is 22.8 Å². The van der Waals surface area contributed by atoms with E-state index in [9.17, 15) is 18.8 Å². The van der Waals surface area contributed by atoms with E-state index in [2.05, 4.69) is 5.32 Å². The number of carbonyl (C=O) groups is 3. The van der Waals surface area contributed by atoms with Gasteiger partial charge in [-0.2, -0.15) is 0 Å². The van der Waals surface area contributed by atoms with Crippen molar-refractivity contribution >= 4 is 29.6 Å². The number of amides is 4. The Morgan fingerprint density at radius 2 is 1.77 bits per heavy atom. The van der Waals surface area contributed by atoms with Crippen molar-refractivity contribution < 1.29 is 27.9 Å². The van der Waals surface area contributed by atoms with E-state index in [1.54, 1.807) is 55.5 Å². The number of nitrogens with one attached hydrogen (secondary N) is 1. The third-order valence-electron chi connectivity index (χ3n) is 4.55. The molecule has 0 radical (unpaired) electrons. The summed E-state index contributed by atoms with van der Waals surface area (Å²) in [4.78, 5) is 38.7. The molecule has 4 rings (SSSR count). The number of carbonyl (C=O) groups excluding carboxylic acids is 3. The Morgan fingerprint density at radius 3 is 2.52 bits per heavy atom. The van der Waals surface area contributed by atoms with E-state index in [1.165, 1.54) is 18.2 Å². The van der Waals surface area contributed by atoms with Crippen molar-refractivity contribution in [2.45, 2.75) is 6.92 Å². The highest BCUT2D eigenvalue weighted by atomic mass is 19.1. The summed E-state index contributed by atoms with van der Waals surface area (Å²) >= 11 is 0. The highest BCUT2D eigenvalue weighted by Gasteiger charge is 2.38. The SMILES string of the molecule is CCOc1ccccc1N1C(=O)NC(=O)/C(=C\c2ccc(-c3ccc(F)cc3)o2)C1=O. The maximum Gasteiger partial charge on any atom is 0.336 e. The smallest absolute Gasteiger partial charge is 0.336 e. The molecule has 0 spiro atoms. The number of hydrogen-bond donors (Lipinski definition) is 1. The second-order valence-corrected chi connectivity index (χ2v) is 6.57. The monoisotopic (exact) mass is 420 g/mol. The topological polar surface area (TPSA) is 88.8 Å². The predicted octanol–water partition coefficient (Wildman–Crippen LogP) is 4.15. The van der Waals surface area contributed by atoms with Gasteiger partial charge in [-0.1, -0.05) is 12.1 Å². The predicted molar refractivity (Wildman–Crippen MR) is 111 cm³/mol. The molecule has 0 aliphatic carbocycles. The Hall–Kier alpha value is -4.20. The van der Waals surface area contributed by atoms with Gasteiger partial charge in [0, 0.05) is 5.56 Å². The number of furan rings is 1. The van der Waals surface area contributed by atoms with Crippen LogP contribution in [0, 0.1) is 5.82 Å². The van der Waals surface area contributed by atoms with Crippen molar-refractivity contribution in [1.29, 1.82) is 0 Å². The molecule has 1 aliphatic heterocycles. The van der Waals surface area contributed by atoms with Gasteiger partial charge in [0.2, 0.25) is 0 Å². The van der Waals surface area contributed by atoms with Crippen molar-refractivity contribution in [2.24, 2.45) is 0 Å². The summed E-state index contributed by atoms with van der Waals surface area (Å²) in [5, 5.41) is 2.16. The molecule has 2 heterocycles. The van der Waals surface area contributed by atoms with Crippen molar-refractivity contribution in [3.05, 3.63) is 77.8 Å². The van der Waals surface area contributed by atoms with Crippen molar-refractivity contribution in [2.75, 3.05) is 11.5 Å². The first-order chi connectivity index (χ1) is 15.0. The van der Waals surface area contributed by atoms with Gasteiger partial charge in [0.05, 0.1) is 12.3 Å². The number of barbiturate groups is 1. The van der Waals surface area contributed by atoms with E-state index < -0.39 is 17.8 Å². The van der Waals surface area contributed by atoms with Gasteiger partial charge < -0.3 is 9.15 Å². The minimum Gasteiger partial charge on any atom is -0.492 e. The lowest BCUT2D eigenvalue weighted by Gasteiger charge is -2.27. The molecule has 1 aromatic heterocycles. The minimum absolute atomic E-state index is 0.219. The molecule has 1 N–H and O–H groups in total. The van der Waals surface area contributed by atoms with E-state index in [4.69, 9.17) is 9.15 Å². The van der Waals surface area contributed by atoms with Crippen LogP contribution < -0.4 is 15.0 Å². The molecule has 0 atom stereocenters. The summed E-state index contributed by atoms with van der Waals surface area (Å²) in [6.07, 6.45) is 1.26. The molecule has 31 heavy (non-hydrogen) atoms. The number of benzene rings is 2. The van der Waals surface area contributed by atoms with Gasteiger partial charge in [0.15, 0.2) is 0 Å². The molecular weight excluding hydrogens is 403 g/mol. The van der Waals surface area contributed by atoms with Crippen LogP contribution in [0.5, 0.6) is 5.75 Å². The van der Waals surface area contributed by atoms with Crippen LogP contribution in [-0.4, -0.2) is 24.5 Å². The van der Waals surface area contributed by atoms with Gasteiger partial charge in [-0.25, -0.2) is 14.1 Å². The van der Waals surface area contributed by atoms with Crippen LogP contribution in [0.25, 0.3) is 17.4 Å². The summed E-state index contributed by atoms with van der Waals surface area (Å²) in [7, 11) is 0. The number of imide groups is 2. The van der Waals surface area contributed by atoms with Gasteiger partial charge in [-0.05, 0) is 61.5 Å². The van der Waals surface area contributed by atoms with Crippen molar-refractivity contribution in [3.63, 3.8) is 0 Å². The fourth-order valence-corrected chi connectivity index (χ4v) is 3.14. The first-order valence-corrected chi connectivity index (χ1v) is 9.47. The lowest BCUT2D eigenvalue weighted by molar-refractivity contribution is -0.122. The summed E-state index contributed by atoms with van der Waals surface area (Å²) < 4.78 is 24.3. The molecule has 7 nitrogen and oxygen atoms in total.